The predicted molar refractivity (Wildman–Crippen MR) is 111 cm³/mol. The molecular formula is C22H14N2O6S. The van der Waals surface area contributed by atoms with Gasteiger partial charge in [-0.3, -0.25) is 14.9 Å². The molecule has 0 saturated carbocycles. The van der Waals surface area contributed by atoms with Crippen molar-refractivity contribution in [2.45, 2.75) is 9.99 Å². The number of rotatable bonds is 4. The summed E-state index contributed by atoms with van der Waals surface area (Å²) in [6.07, 6.45) is 1.32. The molecule has 3 aromatic rings. The summed E-state index contributed by atoms with van der Waals surface area (Å²) in [4.78, 5) is 39.6. The van der Waals surface area contributed by atoms with E-state index in [2.05, 4.69) is 5.32 Å². The number of nitrogens with zero attached hydrogens (tertiary/aromatic N) is 1. The average Bonchev–Trinajstić information content (AvgIpc) is 3.40. The number of carbonyl (C=O) groups excluding carboxylic acids is 3. The van der Waals surface area contributed by atoms with Gasteiger partial charge in [0.1, 0.15) is 11.3 Å². The smallest absolute Gasteiger partial charge is 0.335 e. The molecule has 9 heteroatoms. The summed E-state index contributed by atoms with van der Waals surface area (Å²) in [6, 6.07) is 16.8. The number of nitrogens with one attached hydrogen (secondary N) is 1. The Morgan fingerprint density at radius 1 is 0.935 bits per heavy atom. The van der Waals surface area contributed by atoms with E-state index in [4.69, 9.17) is 13.9 Å². The van der Waals surface area contributed by atoms with Crippen LogP contribution < -0.4 is 19.7 Å². The third-order valence-corrected chi connectivity index (χ3v) is 5.49. The number of hydrogen-bond acceptors (Lipinski definition) is 7. The molecule has 1 fully saturated rings. The summed E-state index contributed by atoms with van der Waals surface area (Å²) in [6.45, 7) is 0.0599. The van der Waals surface area contributed by atoms with E-state index in [1.54, 1.807) is 24.3 Å². The third kappa shape index (κ3) is 3.66. The molecule has 1 saturated heterocycles. The number of carbonyl (C=O) groups is 3. The number of ether oxygens (including phenoxy) is 2. The highest BCUT2D eigenvalue weighted by atomic mass is 32.2. The van der Waals surface area contributed by atoms with Crippen LogP contribution in [0.4, 0.5) is 10.5 Å². The van der Waals surface area contributed by atoms with Crippen molar-refractivity contribution in [3.8, 4) is 11.5 Å². The Balaban J connectivity index is 1.42. The minimum absolute atomic E-state index is 0.0599. The van der Waals surface area contributed by atoms with Crippen LogP contribution in [0.5, 0.6) is 11.5 Å². The summed E-state index contributed by atoms with van der Waals surface area (Å²) in [5.74, 6) is -0.313. The van der Waals surface area contributed by atoms with Gasteiger partial charge >= 0.3 is 6.03 Å². The molecule has 2 aromatic carbocycles. The molecule has 0 unspecified atom stereocenters. The number of amides is 4. The molecule has 0 bridgehead atoms. The molecule has 0 aliphatic carbocycles. The van der Waals surface area contributed by atoms with Crippen molar-refractivity contribution < 1.29 is 28.3 Å². The first kappa shape index (κ1) is 19.0. The highest BCUT2D eigenvalue weighted by Crippen LogP contribution is 2.36. The zero-order valence-electron chi connectivity index (χ0n) is 15.9. The normalized spacial score (nSPS) is 16.7. The molecule has 3 heterocycles. The number of barbiturate groups is 1. The van der Waals surface area contributed by atoms with Gasteiger partial charge < -0.3 is 13.9 Å². The van der Waals surface area contributed by atoms with Crippen molar-refractivity contribution in [3.63, 3.8) is 0 Å². The number of benzene rings is 2. The van der Waals surface area contributed by atoms with Crippen LogP contribution in [0.15, 0.2) is 80.6 Å². The first-order chi connectivity index (χ1) is 15.1. The molecule has 0 atom stereocenters. The molecule has 31 heavy (non-hydrogen) atoms. The van der Waals surface area contributed by atoms with E-state index < -0.39 is 17.8 Å². The summed E-state index contributed by atoms with van der Waals surface area (Å²) >= 11 is 1.41. The third-order valence-electron chi connectivity index (χ3n) is 4.57. The molecule has 1 N–H and O–H groups in total. The van der Waals surface area contributed by atoms with Crippen LogP contribution in [0.3, 0.4) is 0 Å². The van der Waals surface area contributed by atoms with Crippen LogP contribution >= 0.6 is 11.8 Å². The summed E-state index contributed by atoms with van der Waals surface area (Å²) < 4.78 is 16.3. The minimum Gasteiger partial charge on any atom is -0.454 e. The second kappa shape index (κ2) is 7.69. The molecule has 1 aromatic heterocycles. The SMILES string of the molecule is O=C1NC(=O)N(c2ccc3c(c2)OCO3)C(=O)/C1=C/c1ccc(Sc2ccccc2)o1. The number of hydrogen-bond donors (Lipinski definition) is 1. The largest absolute Gasteiger partial charge is 0.454 e. The van der Waals surface area contributed by atoms with Gasteiger partial charge in [-0.25, -0.2) is 9.69 Å². The maximum Gasteiger partial charge on any atom is 0.335 e. The Bertz CT molecular complexity index is 1230. The molecular weight excluding hydrogens is 420 g/mol. The molecule has 5 rings (SSSR count). The monoisotopic (exact) mass is 434 g/mol. The van der Waals surface area contributed by atoms with Crippen molar-refractivity contribution in [1.29, 1.82) is 0 Å². The fourth-order valence-corrected chi connectivity index (χ4v) is 3.93. The van der Waals surface area contributed by atoms with E-state index in [1.165, 1.54) is 23.9 Å². The van der Waals surface area contributed by atoms with Crippen molar-refractivity contribution in [1.82, 2.24) is 5.32 Å². The standard InChI is InChI=1S/C22H14N2O6S/c25-20-16(11-14-7-9-19(30-14)31-15-4-2-1-3-5-15)21(26)24(22(27)23-20)13-6-8-17-18(10-13)29-12-28-17/h1-11H,12H2,(H,23,25,27)/b16-11+. The highest BCUT2D eigenvalue weighted by Gasteiger charge is 2.37. The van der Waals surface area contributed by atoms with Crippen LogP contribution in [-0.2, 0) is 9.59 Å². The Kier molecular flexibility index (Phi) is 4.72. The minimum atomic E-state index is -0.842. The van der Waals surface area contributed by atoms with Gasteiger partial charge in [-0.15, -0.1) is 0 Å². The molecule has 154 valence electrons. The Hall–Kier alpha value is -3.98. The topological polar surface area (TPSA) is 98.1 Å². The zero-order valence-corrected chi connectivity index (χ0v) is 16.7. The van der Waals surface area contributed by atoms with E-state index in [-0.39, 0.29) is 18.1 Å². The van der Waals surface area contributed by atoms with Gasteiger partial charge in [0.15, 0.2) is 16.6 Å². The second-order valence-corrected chi connectivity index (χ2v) is 7.65. The van der Waals surface area contributed by atoms with Gasteiger partial charge in [0.25, 0.3) is 11.8 Å². The maximum absolute atomic E-state index is 13.0. The van der Waals surface area contributed by atoms with Gasteiger partial charge in [-0.2, -0.15) is 0 Å². The molecule has 4 amide bonds. The summed E-state index contributed by atoms with van der Waals surface area (Å²) in [5, 5.41) is 2.79. The first-order valence-corrected chi connectivity index (χ1v) is 10.0. The van der Waals surface area contributed by atoms with Crippen molar-refractivity contribution in [2.24, 2.45) is 0 Å². The fraction of sp³-hybridized carbons (Fsp3) is 0.0455. The van der Waals surface area contributed by atoms with Gasteiger partial charge in [0.2, 0.25) is 6.79 Å². The number of imide groups is 2. The maximum atomic E-state index is 13.0. The summed E-state index contributed by atoms with van der Waals surface area (Å²) in [7, 11) is 0. The quantitative estimate of drug-likeness (QED) is 0.492. The van der Waals surface area contributed by atoms with Crippen molar-refractivity contribution in [2.75, 3.05) is 11.7 Å². The van der Waals surface area contributed by atoms with Crippen LogP contribution in [0.2, 0.25) is 0 Å². The van der Waals surface area contributed by atoms with Gasteiger partial charge in [0, 0.05) is 11.0 Å². The number of fused-ring (bicyclic) bond motifs is 1. The van der Waals surface area contributed by atoms with Crippen LogP contribution in [0, 0.1) is 0 Å². The van der Waals surface area contributed by atoms with Gasteiger partial charge in [0.05, 0.1) is 5.69 Å². The lowest BCUT2D eigenvalue weighted by atomic mass is 10.1. The lowest BCUT2D eigenvalue weighted by molar-refractivity contribution is -0.122. The average molecular weight is 434 g/mol. The van der Waals surface area contributed by atoms with Crippen LogP contribution in [-0.4, -0.2) is 24.6 Å². The lowest BCUT2D eigenvalue weighted by Crippen LogP contribution is -2.54. The Morgan fingerprint density at radius 3 is 2.58 bits per heavy atom. The van der Waals surface area contributed by atoms with E-state index in [0.29, 0.717) is 22.4 Å². The fourth-order valence-electron chi connectivity index (χ4n) is 3.13. The number of furan rings is 1. The highest BCUT2D eigenvalue weighted by molar-refractivity contribution is 7.99. The number of urea groups is 1. The molecule has 2 aliphatic rings. The molecule has 0 spiro atoms. The first-order valence-electron chi connectivity index (χ1n) is 9.22. The van der Waals surface area contributed by atoms with E-state index in [1.807, 2.05) is 30.3 Å². The van der Waals surface area contributed by atoms with Gasteiger partial charge in [-0.05, 0) is 42.5 Å². The number of anilines is 1. The molecule has 0 radical (unpaired) electrons. The van der Waals surface area contributed by atoms with E-state index in [0.717, 1.165) is 9.80 Å². The Labute approximate surface area is 180 Å². The van der Waals surface area contributed by atoms with Gasteiger partial charge in [-0.1, -0.05) is 30.0 Å². The molecule has 2 aliphatic heterocycles. The van der Waals surface area contributed by atoms with E-state index in [9.17, 15) is 14.4 Å². The van der Waals surface area contributed by atoms with Crippen LogP contribution in [0.1, 0.15) is 5.76 Å². The van der Waals surface area contributed by atoms with Crippen molar-refractivity contribution in [3.05, 3.63) is 72.0 Å². The van der Waals surface area contributed by atoms with Crippen molar-refractivity contribution >= 4 is 41.4 Å². The predicted octanol–water partition coefficient (Wildman–Crippen LogP) is 3.83. The summed E-state index contributed by atoms with van der Waals surface area (Å²) in [5.41, 5.74) is 0.0350. The van der Waals surface area contributed by atoms with E-state index >= 15 is 0 Å². The molecule has 8 nitrogen and oxygen atoms in total. The zero-order chi connectivity index (χ0) is 21.4. The Morgan fingerprint density at radius 2 is 1.74 bits per heavy atom. The van der Waals surface area contributed by atoms with Crippen LogP contribution in [0.25, 0.3) is 6.08 Å². The lowest BCUT2D eigenvalue weighted by Gasteiger charge is -2.26. The second-order valence-electron chi connectivity index (χ2n) is 6.57.